The zero-order valence-electron chi connectivity index (χ0n) is 11.9. The zero-order valence-corrected chi connectivity index (χ0v) is 11.9. The van der Waals surface area contributed by atoms with Crippen molar-refractivity contribution in [2.24, 2.45) is 0 Å². The van der Waals surface area contributed by atoms with E-state index in [1.165, 1.54) is 7.11 Å². The maximum atomic E-state index is 12.9. The molecule has 0 spiro atoms. The summed E-state index contributed by atoms with van der Waals surface area (Å²) in [6.45, 7) is 0. The molecule has 1 aliphatic heterocycles. The van der Waals surface area contributed by atoms with Gasteiger partial charge in [-0.15, -0.1) is 0 Å². The van der Waals surface area contributed by atoms with E-state index in [2.05, 4.69) is 0 Å². The van der Waals surface area contributed by atoms with E-state index in [0.29, 0.717) is 5.56 Å². The average Bonchev–Trinajstić information content (AvgIpc) is 2.95. The summed E-state index contributed by atoms with van der Waals surface area (Å²) in [4.78, 5) is 25.1. The zero-order chi connectivity index (χ0) is 15.3. The van der Waals surface area contributed by atoms with E-state index in [0.717, 1.165) is 22.0 Å². The highest BCUT2D eigenvalue weighted by Gasteiger charge is 2.36. The summed E-state index contributed by atoms with van der Waals surface area (Å²) in [5.41, 5.74) is 3.38. The summed E-state index contributed by atoms with van der Waals surface area (Å²) in [6, 6.07) is 15.3. The van der Waals surface area contributed by atoms with Gasteiger partial charge >= 0.3 is 5.97 Å². The van der Waals surface area contributed by atoms with Crippen LogP contribution in [0.1, 0.15) is 16.3 Å². The van der Waals surface area contributed by atoms with Crippen molar-refractivity contribution in [3.8, 4) is 11.1 Å². The highest BCUT2D eigenvalue weighted by atomic mass is 16.5. The molecule has 1 aromatic heterocycles. The van der Waals surface area contributed by atoms with E-state index < -0.39 is 11.9 Å². The van der Waals surface area contributed by atoms with Gasteiger partial charge in [0, 0.05) is 17.1 Å². The van der Waals surface area contributed by atoms with Gasteiger partial charge in [0.15, 0.2) is 5.92 Å². The fraction of sp³-hybridized carbons (Fsp3) is 0.111. The normalized spacial score (nSPS) is 16.2. The number of aromatic nitrogens is 1. The maximum absolute atomic E-state index is 12.9. The SMILES string of the molecule is COC(=O)[C@@H]1C(=O)n2ccc3cccc(c32)-c2ccccc21. The van der Waals surface area contributed by atoms with Crippen LogP contribution in [0, 0.1) is 0 Å². The summed E-state index contributed by atoms with van der Waals surface area (Å²) in [5.74, 6) is -1.75. The van der Waals surface area contributed by atoms with E-state index >= 15 is 0 Å². The van der Waals surface area contributed by atoms with Crippen LogP contribution in [0.3, 0.4) is 0 Å². The van der Waals surface area contributed by atoms with Crippen molar-refractivity contribution in [3.05, 3.63) is 60.3 Å². The lowest BCUT2D eigenvalue weighted by Gasteiger charge is -2.14. The van der Waals surface area contributed by atoms with Gasteiger partial charge < -0.3 is 4.74 Å². The molecule has 2 heterocycles. The van der Waals surface area contributed by atoms with E-state index in [9.17, 15) is 9.59 Å². The molecule has 4 nitrogen and oxygen atoms in total. The molecule has 0 radical (unpaired) electrons. The molecule has 1 atom stereocenters. The fourth-order valence-corrected chi connectivity index (χ4v) is 3.21. The lowest BCUT2D eigenvalue weighted by atomic mass is 9.90. The summed E-state index contributed by atoms with van der Waals surface area (Å²) in [5, 5.41) is 0.978. The molecule has 0 aliphatic carbocycles. The number of esters is 1. The number of hydrogen-bond acceptors (Lipinski definition) is 3. The topological polar surface area (TPSA) is 48.3 Å². The molecule has 0 bridgehead atoms. The van der Waals surface area contributed by atoms with Crippen molar-refractivity contribution in [2.75, 3.05) is 7.11 Å². The predicted octanol–water partition coefficient (Wildman–Crippen LogP) is 3.22. The minimum Gasteiger partial charge on any atom is -0.468 e. The minimum absolute atomic E-state index is 0.278. The van der Waals surface area contributed by atoms with Crippen molar-refractivity contribution < 1.29 is 14.3 Å². The van der Waals surface area contributed by atoms with Gasteiger partial charge in [-0.2, -0.15) is 0 Å². The molecule has 0 N–H and O–H groups in total. The van der Waals surface area contributed by atoms with Gasteiger partial charge in [-0.25, -0.2) is 0 Å². The first-order valence-electron chi connectivity index (χ1n) is 7.04. The molecule has 0 saturated heterocycles. The van der Waals surface area contributed by atoms with E-state index in [4.69, 9.17) is 4.74 Å². The lowest BCUT2D eigenvalue weighted by molar-refractivity contribution is -0.141. The Morgan fingerprint density at radius 3 is 2.64 bits per heavy atom. The third-order valence-corrected chi connectivity index (χ3v) is 4.19. The first-order valence-corrected chi connectivity index (χ1v) is 7.04. The highest BCUT2D eigenvalue weighted by molar-refractivity contribution is 6.13. The molecule has 1 aliphatic rings. The number of carbonyl (C=O) groups is 2. The third-order valence-electron chi connectivity index (χ3n) is 4.19. The van der Waals surface area contributed by atoms with Crippen LogP contribution in [0.15, 0.2) is 54.7 Å². The number of para-hydroxylation sites is 1. The van der Waals surface area contributed by atoms with Gasteiger partial charge in [-0.1, -0.05) is 42.5 Å². The largest absolute Gasteiger partial charge is 0.468 e. The monoisotopic (exact) mass is 291 g/mol. The van der Waals surface area contributed by atoms with Crippen molar-refractivity contribution in [2.45, 2.75) is 5.92 Å². The smallest absolute Gasteiger partial charge is 0.322 e. The van der Waals surface area contributed by atoms with Gasteiger partial charge in [0.1, 0.15) is 0 Å². The van der Waals surface area contributed by atoms with Crippen molar-refractivity contribution in [3.63, 3.8) is 0 Å². The summed E-state index contributed by atoms with van der Waals surface area (Å²) < 4.78 is 6.43. The Balaban J connectivity index is 2.15. The van der Waals surface area contributed by atoms with Crippen LogP contribution in [-0.4, -0.2) is 23.6 Å². The van der Waals surface area contributed by atoms with Crippen LogP contribution in [-0.2, 0) is 9.53 Å². The van der Waals surface area contributed by atoms with Gasteiger partial charge in [0.05, 0.1) is 12.6 Å². The number of fused-ring (bicyclic) bond motifs is 2. The summed E-state index contributed by atoms with van der Waals surface area (Å²) in [6.07, 6.45) is 1.72. The number of methoxy groups -OCH3 is 1. The quantitative estimate of drug-likeness (QED) is 0.511. The van der Waals surface area contributed by atoms with Crippen LogP contribution in [0.25, 0.3) is 22.0 Å². The van der Waals surface area contributed by atoms with Crippen LogP contribution in [0.4, 0.5) is 0 Å². The molecular weight excluding hydrogens is 278 g/mol. The minimum atomic E-state index is -0.941. The second-order valence-electron chi connectivity index (χ2n) is 5.31. The van der Waals surface area contributed by atoms with Crippen LogP contribution >= 0.6 is 0 Å². The molecule has 0 saturated carbocycles. The van der Waals surface area contributed by atoms with Crippen molar-refractivity contribution in [1.82, 2.24) is 4.57 Å². The molecule has 108 valence electrons. The summed E-state index contributed by atoms with van der Waals surface area (Å²) >= 11 is 0. The van der Waals surface area contributed by atoms with E-state index in [1.807, 2.05) is 48.5 Å². The Morgan fingerprint density at radius 2 is 1.82 bits per heavy atom. The number of nitrogens with zero attached hydrogens (tertiary/aromatic N) is 1. The molecule has 4 heteroatoms. The Bertz CT molecular complexity index is 923. The molecule has 0 fully saturated rings. The number of ether oxygens (including phenoxy) is 1. The van der Waals surface area contributed by atoms with Gasteiger partial charge in [0.2, 0.25) is 5.91 Å². The molecule has 22 heavy (non-hydrogen) atoms. The lowest BCUT2D eigenvalue weighted by Crippen LogP contribution is -2.26. The Hall–Kier alpha value is -2.88. The first-order chi connectivity index (χ1) is 10.7. The Labute approximate surface area is 126 Å². The Morgan fingerprint density at radius 1 is 1.05 bits per heavy atom. The molecular formula is C18H13NO3. The van der Waals surface area contributed by atoms with Crippen LogP contribution in [0.2, 0.25) is 0 Å². The predicted molar refractivity (Wildman–Crippen MR) is 82.8 cm³/mol. The van der Waals surface area contributed by atoms with Crippen LogP contribution < -0.4 is 0 Å². The second-order valence-corrected chi connectivity index (χ2v) is 5.31. The first kappa shape index (κ1) is 12.8. The van der Waals surface area contributed by atoms with Gasteiger partial charge in [0.25, 0.3) is 0 Å². The standard InChI is InChI=1S/C18H13NO3/c1-22-18(21)15-13-7-3-2-6-12(13)14-8-4-5-11-9-10-19(16(11)14)17(15)20/h2-10,15H,1H3/t15-/m0/s1. The molecule has 0 amide bonds. The van der Waals surface area contributed by atoms with E-state index in [-0.39, 0.29) is 5.91 Å². The number of rotatable bonds is 1. The second kappa shape index (κ2) is 4.56. The highest BCUT2D eigenvalue weighted by Crippen LogP contribution is 2.39. The van der Waals surface area contributed by atoms with Gasteiger partial charge in [-0.05, 0) is 17.2 Å². The number of hydrogen-bond donors (Lipinski definition) is 0. The van der Waals surface area contributed by atoms with Crippen LogP contribution in [0.5, 0.6) is 0 Å². The fourth-order valence-electron chi connectivity index (χ4n) is 3.21. The molecule has 3 aromatic rings. The molecule has 0 unspecified atom stereocenters. The number of benzene rings is 2. The van der Waals surface area contributed by atoms with Crippen molar-refractivity contribution >= 4 is 22.8 Å². The van der Waals surface area contributed by atoms with E-state index in [1.54, 1.807) is 10.8 Å². The maximum Gasteiger partial charge on any atom is 0.322 e. The Kier molecular flexibility index (Phi) is 2.66. The molecule has 4 rings (SSSR count). The number of carbonyl (C=O) groups excluding carboxylic acids is 2. The molecule has 2 aromatic carbocycles. The van der Waals surface area contributed by atoms with Crippen molar-refractivity contribution in [1.29, 1.82) is 0 Å². The summed E-state index contributed by atoms with van der Waals surface area (Å²) in [7, 11) is 1.31. The van der Waals surface area contributed by atoms with Gasteiger partial charge in [-0.3, -0.25) is 14.2 Å². The third kappa shape index (κ3) is 1.58. The average molecular weight is 291 g/mol.